The van der Waals surface area contributed by atoms with Gasteiger partial charge in [0.15, 0.2) is 0 Å². The summed E-state index contributed by atoms with van der Waals surface area (Å²) >= 11 is 0. The van der Waals surface area contributed by atoms with Crippen molar-refractivity contribution < 1.29 is 12.8 Å². The zero-order valence-corrected chi connectivity index (χ0v) is 13.8. The zero-order chi connectivity index (χ0) is 16.8. The highest BCUT2D eigenvalue weighted by Gasteiger charge is 2.40. The molecule has 0 spiro atoms. The van der Waals surface area contributed by atoms with Gasteiger partial charge in [0.1, 0.15) is 10.7 Å². The van der Waals surface area contributed by atoms with E-state index in [0.717, 1.165) is 5.69 Å². The van der Waals surface area contributed by atoms with Crippen LogP contribution in [0.15, 0.2) is 35.6 Å². The molecule has 0 radical (unpaired) electrons. The van der Waals surface area contributed by atoms with Crippen molar-refractivity contribution in [3.05, 3.63) is 47.8 Å². The van der Waals surface area contributed by atoms with Crippen LogP contribution in [-0.2, 0) is 17.1 Å². The van der Waals surface area contributed by atoms with E-state index in [4.69, 9.17) is 5.73 Å². The van der Waals surface area contributed by atoms with E-state index in [-0.39, 0.29) is 29.9 Å². The first kappa shape index (κ1) is 16.1. The van der Waals surface area contributed by atoms with Gasteiger partial charge in [-0.25, -0.2) is 17.8 Å². The Morgan fingerprint density at radius 1 is 1.35 bits per heavy atom. The van der Waals surface area contributed by atoms with E-state index in [1.165, 1.54) is 16.4 Å². The van der Waals surface area contributed by atoms with E-state index in [1.807, 2.05) is 13.2 Å². The second kappa shape index (κ2) is 5.70. The Bertz CT molecular complexity index is 834. The molecule has 124 valence electrons. The summed E-state index contributed by atoms with van der Waals surface area (Å²) in [4.78, 5) is 3.96. The van der Waals surface area contributed by atoms with Crippen molar-refractivity contribution in [1.29, 1.82) is 0 Å². The number of benzene rings is 1. The van der Waals surface area contributed by atoms with Gasteiger partial charge in [-0.05, 0) is 18.6 Å². The number of imidazole rings is 1. The van der Waals surface area contributed by atoms with Crippen molar-refractivity contribution in [2.75, 3.05) is 13.1 Å². The fraction of sp³-hybridized carbons (Fsp3) is 0.400. The van der Waals surface area contributed by atoms with E-state index < -0.39 is 15.8 Å². The molecular formula is C15H19FN4O2S. The van der Waals surface area contributed by atoms with Crippen molar-refractivity contribution in [3.63, 3.8) is 0 Å². The van der Waals surface area contributed by atoms with Crippen molar-refractivity contribution >= 4 is 10.0 Å². The number of hydrogen-bond donors (Lipinski definition) is 1. The summed E-state index contributed by atoms with van der Waals surface area (Å²) in [6.45, 7) is 1.89. The minimum absolute atomic E-state index is 0.150. The molecule has 8 heteroatoms. The van der Waals surface area contributed by atoms with E-state index in [2.05, 4.69) is 4.98 Å². The van der Waals surface area contributed by atoms with Gasteiger partial charge in [-0.1, -0.05) is 12.1 Å². The van der Waals surface area contributed by atoms with Crippen LogP contribution in [0.5, 0.6) is 0 Å². The van der Waals surface area contributed by atoms with Crippen LogP contribution in [0.25, 0.3) is 0 Å². The van der Waals surface area contributed by atoms with Crippen LogP contribution in [0.3, 0.4) is 0 Å². The van der Waals surface area contributed by atoms with E-state index in [0.29, 0.717) is 5.56 Å². The van der Waals surface area contributed by atoms with Gasteiger partial charge >= 0.3 is 0 Å². The molecule has 0 bridgehead atoms. The Labute approximate surface area is 134 Å². The summed E-state index contributed by atoms with van der Waals surface area (Å²) in [5, 5.41) is 0. The van der Waals surface area contributed by atoms with Gasteiger partial charge in [-0.2, -0.15) is 4.31 Å². The number of nitrogens with two attached hydrogens (primary N) is 1. The molecule has 0 unspecified atom stereocenters. The number of aromatic nitrogens is 2. The van der Waals surface area contributed by atoms with Crippen LogP contribution in [0.2, 0.25) is 0 Å². The highest BCUT2D eigenvalue weighted by molar-refractivity contribution is 7.89. The van der Waals surface area contributed by atoms with Gasteiger partial charge in [0.2, 0.25) is 10.0 Å². The fourth-order valence-electron chi connectivity index (χ4n) is 2.88. The van der Waals surface area contributed by atoms with Crippen LogP contribution in [0.1, 0.15) is 17.2 Å². The van der Waals surface area contributed by atoms with E-state index in [9.17, 15) is 12.8 Å². The Balaban J connectivity index is 1.92. The molecule has 2 N–H and O–H groups in total. The van der Waals surface area contributed by atoms with Gasteiger partial charge in [0.25, 0.3) is 0 Å². The molecule has 2 aromatic rings. The SMILES string of the molecule is Cc1cccc(S(=O)(=O)N2C[C@H](c3cn(C)cn3)[C@@H](N)C2)c1F. The summed E-state index contributed by atoms with van der Waals surface area (Å²) in [5.74, 6) is -0.902. The molecule has 1 fully saturated rings. The first-order valence-corrected chi connectivity index (χ1v) is 8.73. The third-order valence-electron chi connectivity index (χ3n) is 4.21. The minimum Gasteiger partial charge on any atom is -0.340 e. The maximum atomic E-state index is 14.2. The lowest BCUT2D eigenvalue weighted by Crippen LogP contribution is -2.32. The fourth-order valence-corrected chi connectivity index (χ4v) is 4.53. The quantitative estimate of drug-likeness (QED) is 0.905. The third kappa shape index (κ3) is 2.77. The third-order valence-corrected chi connectivity index (χ3v) is 6.06. The molecule has 1 aromatic heterocycles. The highest BCUT2D eigenvalue weighted by atomic mass is 32.2. The molecule has 1 aliphatic heterocycles. The number of aryl methyl sites for hydroxylation is 2. The Hall–Kier alpha value is -1.77. The molecule has 23 heavy (non-hydrogen) atoms. The van der Waals surface area contributed by atoms with Crippen molar-refractivity contribution in [2.45, 2.75) is 23.8 Å². The van der Waals surface area contributed by atoms with Crippen molar-refractivity contribution in [2.24, 2.45) is 12.8 Å². The van der Waals surface area contributed by atoms with Crippen LogP contribution < -0.4 is 5.73 Å². The zero-order valence-electron chi connectivity index (χ0n) is 13.0. The number of hydrogen-bond acceptors (Lipinski definition) is 4. The predicted molar refractivity (Wildman–Crippen MR) is 83.8 cm³/mol. The average molecular weight is 338 g/mol. The first-order chi connectivity index (χ1) is 10.8. The Morgan fingerprint density at radius 2 is 2.09 bits per heavy atom. The lowest BCUT2D eigenvalue weighted by atomic mass is 10.0. The molecule has 3 rings (SSSR count). The summed E-state index contributed by atoms with van der Waals surface area (Å²) in [6, 6.07) is 4.00. The summed E-state index contributed by atoms with van der Waals surface area (Å²) < 4.78 is 42.7. The van der Waals surface area contributed by atoms with Crippen LogP contribution in [0.4, 0.5) is 4.39 Å². The monoisotopic (exact) mass is 338 g/mol. The number of nitrogens with zero attached hydrogens (tertiary/aromatic N) is 3. The predicted octanol–water partition coefficient (Wildman–Crippen LogP) is 0.983. The number of sulfonamides is 1. The van der Waals surface area contributed by atoms with Crippen LogP contribution in [-0.4, -0.2) is 41.4 Å². The topological polar surface area (TPSA) is 81.2 Å². The van der Waals surface area contributed by atoms with Crippen molar-refractivity contribution in [1.82, 2.24) is 13.9 Å². The molecular weight excluding hydrogens is 319 g/mol. The van der Waals surface area contributed by atoms with Gasteiger partial charge in [0.05, 0.1) is 12.0 Å². The van der Waals surface area contributed by atoms with E-state index >= 15 is 0 Å². The van der Waals surface area contributed by atoms with Crippen LogP contribution >= 0.6 is 0 Å². The van der Waals surface area contributed by atoms with Crippen LogP contribution in [0, 0.1) is 12.7 Å². The highest BCUT2D eigenvalue weighted by Crippen LogP contribution is 2.30. The molecule has 2 heterocycles. The molecule has 1 aromatic carbocycles. The van der Waals surface area contributed by atoms with Gasteiger partial charge < -0.3 is 10.3 Å². The summed E-state index contributed by atoms with van der Waals surface area (Å²) in [6.07, 6.45) is 3.48. The van der Waals surface area contributed by atoms with Crippen molar-refractivity contribution in [3.8, 4) is 0 Å². The summed E-state index contributed by atoms with van der Waals surface area (Å²) in [7, 11) is -2.07. The van der Waals surface area contributed by atoms with Gasteiger partial charge in [-0.15, -0.1) is 0 Å². The number of rotatable bonds is 3. The second-order valence-electron chi connectivity index (χ2n) is 5.94. The Kier molecular flexibility index (Phi) is 3.99. The number of halogens is 1. The maximum Gasteiger partial charge on any atom is 0.246 e. The lowest BCUT2D eigenvalue weighted by Gasteiger charge is -2.17. The molecule has 0 saturated carbocycles. The van der Waals surface area contributed by atoms with E-state index in [1.54, 1.807) is 23.9 Å². The molecule has 2 atom stereocenters. The molecule has 0 aliphatic carbocycles. The summed E-state index contributed by atoms with van der Waals surface area (Å²) in [5.41, 5.74) is 7.16. The molecule has 0 amide bonds. The second-order valence-corrected chi connectivity index (χ2v) is 7.85. The maximum absolute atomic E-state index is 14.2. The standard InChI is InChI=1S/C15H19FN4O2S/c1-10-4-3-5-14(15(10)16)23(21,22)20-6-11(12(17)7-20)13-8-19(2)9-18-13/h3-5,8-9,11-12H,6-7,17H2,1-2H3/t11-,12-/m0/s1. The first-order valence-electron chi connectivity index (χ1n) is 7.29. The lowest BCUT2D eigenvalue weighted by molar-refractivity contribution is 0.462. The van der Waals surface area contributed by atoms with Gasteiger partial charge in [0, 0.05) is 38.3 Å². The largest absolute Gasteiger partial charge is 0.340 e. The smallest absolute Gasteiger partial charge is 0.246 e. The minimum atomic E-state index is -3.92. The average Bonchev–Trinajstić information content (AvgIpc) is 3.08. The molecule has 1 saturated heterocycles. The molecule has 6 nitrogen and oxygen atoms in total. The normalized spacial score (nSPS) is 22.6. The Morgan fingerprint density at radius 3 is 2.74 bits per heavy atom. The van der Waals surface area contributed by atoms with Gasteiger partial charge in [-0.3, -0.25) is 0 Å². The molecule has 1 aliphatic rings.